The number of aryl methyl sites for hydroxylation is 1. The first-order valence-corrected chi connectivity index (χ1v) is 19.1. The smallest absolute Gasteiger partial charge is 0.263 e. The second-order valence-corrected chi connectivity index (χ2v) is 15.0. The number of amides is 2. The average molecular weight is 718 g/mol. The first kappa shape index (κ1) is 34.9. The van der Waals surface area contributed by atoms with Crippen LogP contribution < -0.4 is 26.0 Å². The number of anilines is 4. The van der Waals surface area contributed by atoms with Gasteiger partial charge in [-0.25, -0.2) is 9.97 Å². The predicted molar refractivity (Wildman–Crippen MR) is 204 cm³/mol. The molecule has 53 heavy (non-hydrogen) atoms. The van der Waals surface area contributed by atoms with Gasteiger partial charge in [0, 0.05) is 75.0 Å². The quantitative estimate of drug-likeness (QED) is 0.190. The maximum atomic E-state index is 13.6. The number of hydrogen-bond acceptors (Lipinski definition) is 11. The molecule has 8 rings (SSSR count). The van der Waals surface area contributed by atoms with Gasteiger partial charge in [-0.05, 0) is 81.3 Å². The Kier molecular flexibility index (Phi) is 9.67. The number of carbonyl (C=O) groups excluding carboxylic acids is 3. The van der Waals surface area contributed by atoms with Crippen LogP contribution in [0.5, 0.6) is 0 Å². The van der Waals surface area contributed by atoms with Crippen LogP contribution in [-0.2, 0) is 9.59 Å². The number of Topliss-reactive ketones (excluding diaryl/α,β-unsaturated/α-hetero) is 1. The van der Waals surface area contributed by atoms with E-state index < -0.39 is 0 Å². The third-order valence-corrected chi connectivity index (χ3v) is 11.8. The van der Waals surface area contributed by atoms with Crippen molar-refractivity contribution in [1.82, 2.24) is 29.7 Å². The number of rotatable bonds is 8. The molecular weight excluding hydrogens is 670 g/mol. The Bertz CT molecular complexity index is 2080. The molecule has 3 aromatic heterocycles. The van der Waals surface area contributed by atoms with Crippen LogP contribution in [0, 0.1) is 6.92 Å². The number of nitrogens with zero attached hydrogens (tertiary/aromatic N) is 7. The number of carbonyl (C=O) groups is 3. The number of fused-ring (bicyclic) bond motifs is 1. The zero-order valence-electron chi connectivity index (χ0n) is 30.5. The van der Waals surface area contributed by atoms with Crippen LogP contribution in [0.3, 0.4) is 0 Å². The van der Waals surface area contributed by atoms with E-state index in [9.17, 15) is 19.2 Å². The van der Waals surface area contributed by atoms with E-state index >= 15 is 0 Å². The highest BCUT2D eigenvalue weighted by Gasteiger charge is 2.30. The molecule has 0 radical (unpaired) electrons. The highest BCUT2D eigenvalue weighted by Crippen LogP contribution is 2.33. The van der Waals surface area contributed by atoms with Gasteiger partial charge >= 0.3 is 0 Å². The molecule has 6 heterocycles. The fourth-order valence-electron chi connectivity index (χ4n) is 8.83. The summed E-state index contributed by atoms with van der Waals surface area (Å²) in [6.45, 7) is 9.16. The molecule has 4 aromatic rings. The molecule has 2 amide bonds. The van der Waals surface area contributed by atoms with E-state index in [0.717, 1.165) is 94.4 Å². The summed E-state index contributed by atoms with van der Waals surface area (Å²) in [4.78, 5) is 71.3. The van der Waals surface area contributed by atoms with Crippen molar-refractivity contribution in [2.45, 2.75) is 83.2 Å². The zero-order valence-corrected chi connectivity index (χ0v) is 30.5. The molecule has 0 spiro atoms. The minimum atomic E-state index is -0.261. The van der Waals surface area contributed by atoms with Crippen LogP contribution in [0.1, 0.15) is 91.7 Å². The van der Waals surface area contributed by atoms with Crippen molar-refractivity contribution >= 4 is 51.8 Å². The first-order valence-electron chi connectivity index (χ1n) is 19.1. The highest BCUT2D eigenvalue weighted by molar-refractivity contribution is 6.01. The maximum absolute atomic E-state index is 13.6. The van der Waals surface area contributed by atoms with E-state index in [-0.39, 0.29) is 40.7 Å². The Morgan fingerprint density at radius 3 is 2.15 bits per heavy atom. The molecule has 2 N–H and O–H groups in total. The third-order valence-electron chi connectivity index (χ3n) is 11.8. The first-order chi connectivity index (χ1) is 25.7. The van der Waals surface area contributed by atoms with Gasteiger partial charge in [0.05, 0.1) is 23.4 Å². The standard InChI is InChI=1S/C40H47N9O4/c1-25-33-24-42-40(45-37(33)49(30-5-3-4-6-30)39(53)36(25)26(2)50)43-34-13-11-31(23-41-34)46-17-15-29(16-18-46)48-21-19-47(20-22-48)28-9-7-27(8-10-28)32-12-14-35(51)44-38(32)52/h7-11,13,23-24,29-30,32H,3-6,12,14-22H2,1-2H3,(H,44,51,52)(H,41,42,43,45)/t32-/m1/s1. The monoisotopic (exact) mass is 717 g/mol. The van der Waals surface area contributed by atoms with E-state index in [4.69, 9.17) is 9.97 Å². The number of pyridine rings is 2. The SMILES string of the molecule is CC(=O)c1c(C)c2cnc(Nc3ccc(N4CCC(N5CCN(c6ccc([C@H]7CCC(=O)NC7=O)cc6)CC5)CC4)cn3)nc2n(C2CCCC2)c1=O. The lowest BCUT2D eigenvalue weighted by Crippen LogP contribution is -2.53. The van der Waals surface area contributed by atoms with Crippen molar-refractivity contribution in [3.63, 3.8) is 0 Å². The number of nitrogens with one attached hydrogen (secondary N) is 2. The summed E-state index contributed by atoms with van der Waals surface area (Å²) in [5.41, 5.74) is 4.38. The maximum Gasteiger partial charge on any atom is 0.263 e. The Labute approximate surface area is 308 Å². The van der Waals surface area contributed by atoms with Gasteiger partial charge in [0.15, 0.2) is 5.78 Å². The number of hydrogen-bond donors (Lipinski definition) is 2. The number of ketones is 1. The van der Waals surface area contributed by atoms with Crippen molar-refractivity contribution in [3.8, 4) is 0 Å². The number of aromatic nitrogens is 4. The van der Waals surface area contributed by atoms with Gasteiger partial charge < -0.3 is 15.1 Å². The van der Waals surface area contributed by atoms with Gasteiger partial charge in [0.1, 0.15) is 11.5 Å². The van der Waals surface area contributed by atoms with Crippen LogP contribution >= 0.6 is 0 Å². The molecule has 0 bridgehead atoms. The summed E-state index contributed by atoms with van der Waals surface area (Å²) in [6.07, 6.45) is 10.6. The molecule has 13 nitrogen and oxygen atoms in total. The van der Waals surface area contributed by atoms with Crippen LogP contribution in [-0.4, -0.2) is 87.3 Å². The molecule has 1 aromatic carbocycles. The third kappa shape index (κ3) is 7.01. The van der Waals surface area contributed by atoms with Crippen LogP contribution in [0.25, 0.3) is 11.0 Å². The molecule has 1 saturated carbocycles. The summed E-state index contributed by atoms with van der Waals surface area (Å²) in [5, 5.41) is 6.42. The second kappa shape index (κ2) is 14.7. The number of piperazine rings is 1. The topological polar surface area (TPSA) is 146 Å². The molecule has 1 aliphatic carbocycles. The predicted octanol–water partition coefficient (Wildman–Crippen LogP) is 4.87. The number of benzene rings is 1. The lowest BCUT2D eigenvalue weighted by molar-refractivity contribution is -0.134. The summed E-state index contributed by atoms with van der Waals surface area (Å²) >= 11 is 0. The lowest BCUT2D eigenvalue weighted by Gasteiger charge is -2.43. The Morgan fingerprint density at radius 1 is 0.792 bits per heavy atom. The van der Waals surface area contributed by atoms with Crippen LogP contribution in [0.15, 0.2) is 53.6 Å². The molecule has 4 fully saturated rings. The minimum Gasteiger partial charge on any atom is -0.370 e. The van der Waals surface area contributed by atoms with Gasteiger partial charge in [0.25, 0.3) is 5.56 Å². The number of imide groups is 1. The fraction of sp³-hybridized carbons (Fsp3) is 0.475. The molecule has 276 valence electrons. The summed E-state index contributed by atoms with van der Waals surface area (Å²) < 4.78 is 1.73. The summed E-state index contributed by atoms with van der Waals surface area (Å²) in [6, 6.07) is 12.9. The highest BCUT2D eigenvalue weighted by atomic mass is 16.2. The molecule has 3 saturated heterocycles. The molecule has 1 atom stereocenters. The van der Waals surface area contributed by atoms with E-state index in [2.05, 4.69) is 48.5 Å². The minimum absolute atomic E-state index is 0.0238. The molecule has 3 aliphatic heterocycles. The van der Waals surface area contributed by atoms with E-state index in [1.54, 1.807) is 17.7 Å². The number of piperidine rings is 2. The molecule has 0 unspecified atom stereocenters. The van der Waals surface area contributed by atoms with E-state index in [1.165, 1.54) is 12.6 Å². The van der Waals surface area contributed by atoms with Crippen LogP contribution in [0.4, 0.5) is 23.1 Å². The Balaban J connectivity index is 0.857. The molecule has 13 heteroatoms. The van der Waals surface area contributed by atoms with Crippen molar-refractivity contribution in [3.05, 3.63) is 75.8 Å². The van der Waals surface area contributed by atoms with Gasteiger partial charge in [-0.3, -0.25) is 34.0 Å². The van der Waals surface area contributed by atoms with Crippen molar-refractivity contribution < 1.29 is 14.4 Å². The second-order valence-electron chi connectivity index (χ2n) is 15.0. The molecule has 4 aliphatic rings. The van der Waals surface area contributed by atoms with Crippen molar-refractivity contribution in [1.29, 1.82) is 0 Å². The van der Waals surface area contributed by atoms with Crippen molar-refractivity contribution in [2.75, 3.05) is 54.4 Å². The van der Waals surface area contributed by atoms with Crippen LogP contribution in [0.2, 0.25) is 0 Å². The Morgan fingerprint density at radius 2 is 1.49 bits per heavy atom. The summed E-state index contributed by atoms with van der Waals surface area (Å²) in [7, 11) is 0. The normalized spacial score (nSPS) is 20.6. The Hall–Kier alpha value is -5.17. The average Bonchev–Trinajstić information content (AvgIpc) is 3.70. The van der Waals surface area contributed by atoms with Gasteiger partial charge in [-0.2, -0.15) is 4.98 Å². The lowest BCUT2D eigenvalue weighted by atomic mass is 9.90. The molecular formula is C40H47N9O4. The van der Waals surface area contributed by atoms with Crippen molar-refractivity contribution in [2.24, 2.45) is 0 Å². The van der Waals surface area contributed by atoms with Gasteiger partial charge in [0.2, 0.25) is 17.8 Å². The van der Waals surface area contributed by atoms with Gasteiger partial charge in [-0.1, -0.05) is 25.0 Å². The van der Waals surface area contributed by atoms with E-state index in [0.29, 0.717) is 41.9 Å². The summed E-state index contributed by atoms with van der Waals surface area (Å²) in [5.74, 6) is 0.127. The van der Waals surface area contributed by atoms with E-state index in [1.807, 2.05) is 24.4 Å². The zero-order chi connectivity index (χ0) is 36.6. The van der Waals surface area contributed by atoms with Gasteiger partial charge in [-0.15, -0.1) is 0 Å². The fourth-order valence-corrected chi connectivity index (χ4v) is 8.83. The largest absolute Gasteiger partial charge is 0.370 e.